The minimum atomic E-state index is -0.817. The zero-order valence-corrected chi connectivity index (χ0v) is 43.5. The quantitative estimate of drug-likeness (QED) is 0.0337. The zero-order valence-electron chi connectivity index (χ0n) is 42.7. The van der Waals surface area contributed by atoms with Crippen LogP contribution in [0.4, 0.5) is 16.0 Å². The number of fused-ring (bicyclic) bond motifs is 4. The average Bonchev–Trinajstić information content (AvgIpc) is 4.31. The fraction of sp³-hybridized carbons (Fsp3) is 0.281. The molecule has 0 radical (unpaired) electrons. The molecule has 0 bridgehead atoms. The molecule has 10 aromatic rings. The summed E-state index contributed by atoms with van der Waals surface area (Å²) in [4.78, 5) is 53.8. The number of phenolic OH excluding ortho intramolecular Hbond substituents is 2. The van der Waals surface area contributed by atoms with Crippen LogP contribution in [0.25, 0.3) is 60.0 Å². The smallest absolute Gasteiger partial charge is 0.305 e. The first-order chi connectivity index (χ1) is 38.0. The van der Waals surface area contributed by atoms with Crippen molar-refractivity contribution in [2.24, 2.45) is 0 Å². The number of H-pyrrole nitrogens is 2. The van der Waals surface area contributed by atoms with Crippen molar-refractivity contribution >= 4 is 65.9 Å². The van der Waals surface area contributed by atoms with Crippen LogP contribution >= 0.6 is 11.3 Å². The van der Waals surface area contributed by atoms with Crippen LogP contribution in [0.15, 0.2) is 131 Å². The van der Waals surface area contributed by atoms with Crippen molar-refractivity contribution in [3.63, 3.8) is 0 Å². The first-order valence-corrected chi connectivity index (χ1v) is 26.7. The van der Waals surface area contributed by atoms with Crippen LogP contribution in [0.3, 0.4) is 0 Å². The molecule has 1 saturated heterocycles. The molecule has 1 aliphatic heterocycles. The summed E-state index contributed by atoms with van der Waals surface area (Å²) < 4.78 is 22.6. The molecule has 1 unspecified atom stereocenters. The number of nitrogens with one attached hydrogen (secondary N) is 5. The van der Waals surface area contributed by atoms with Crippen LogP contribution in [-0.4, -0.2) is 118 Å². The van der Waals surface area contributed by atoms with Crippen molar-refractivity contribution in [2.45, 2.75) is 50.9 Å². The lowest BCUT2D eigenvalue weighted by Crippen LogP contribution is -2.29. The third-order valence-electron chi connectivity index (χ3n) is 13.6. The van der Waals surface area contributed by atoms with Gasteiger partial charge in [0.15, 0.2) is 5.82 Å². The third-order valence-corrected chi connectivity index (χ3v) is 14.5. The fourth-order valence-electron chi connectivity index (χ4n) is 9.70. The SMILES string of the molecule is CCc1nccn1-c1nc(N2CCC(OCCNC[C@H](O)c3ccc(O)c4[nH]c(=O)sc34)C2)cc2cccnc12.O=c1ccc2c([C@@H](O)CNCCCCNc3cc4cccnc4c(-c4cccc(F)c4)n3)ccc(O)c2[nH]1. The van der Waals surface area contributed by atoms with Gasteiger partial charge in [0.2, 0.25) is 5.56 Å². The van der Waals surface area contributed by atoms with Gasteiger partial charge in [0.1, 0.15) is 45.8 Å². The molecule has 3 aromatic carbocycles. The van der Waals surface area contributed by atoms with Crippen molar-refractivity contribution in [1.82, 2.24) is 50.1 Å². The number of aromatic hydroxyl groups is 2. The van der Waals surface area contributed by atoms with Crippen molar-refractivity contribution in [1.29, 1.82) is 0 Å². The lowest BCUT2D eigenvalue weighted by molar-refractivity contribution is 0.0680. The van der Waals surface area contributed by atoms with E-state index in [2.05, 4.69) is 64.8 Å². The summed E-state index contributed by atoms with van der Waals surface area (Å²) in [6, 6.07) is 27.4. The number of aliphatic hydroxyl groups excluding tert-OH is 2. The largest absolute Gasteiger partial charge is 0.506 e. The second-order valence-corrected chi connectivity index (χ2v) is 19.8. The van der Waals surface area contributed by atoms with Gasteiger partial charge in [0.25, 0.3) is 0 Å². The number of anilines is 2. The molecule has 0 spiro atoms. The monoisotopic (exact) mass is 1070 g/mol. The van der Waals surface area contributed by atoms with Gasteiger partial charge in [0.05, 0.1) is 46.3 Å². The number of imidazole rings is 1. The number of hydrogen-bond acceptors (Lipinski definition) is 17. The van der Waals surface area contributed by atoms with Crippen LogP contribution in [0.5, 0.6) is 11.5 Å². The van der Waals surface area contributed by atoms with Crippen molar-refractivity contribution in [3.05, 3.63) is 165 Å². The minimum Gasteiger partial charge on any atom is -0.506 e. The van der Waals surface area contributed by atoms with E-state index >= 15 is 0 Å². The number of aliphatic hydroxyl groups is 2. The van der Waals surface area contributed by atoms with E-state index in [4.69, 9.17) is 14.7 Å². The number of aromatic nitrogens is 8. The number of ether oxygens (including phenoxy) is 1. The number of hydrogen-bond donors (Lipinski definition) is 9. The number of thiazole rings is 1. The molecule has 0 saturated carbocycles. The third kappa shape index (κ3) is 12.2. The van der Waals surface area contributed by atoms with Crippen molar-refractivity contribution in [3.8, 4) is 28.6 Å². The Morgan fingerprint density at radius 1 is 0.782 bits per heavy atom. The Labute approximate surface area is 450 Å². The minimum absolute atomic E-state index is 0.00418. The summed E-state index contributed by atoms with van der Waals surface area (Å²) in [6.07, 6.45) is 9.12. The van der Waals surface area contributed by atoms with E-state index in [9.17, 15) is 34.4 Å². The topological polar surface area (TPSA) is 265 Å². The van der Waals surface area contributed by atoms with Gasteiger partial charge in [-0.2, -0.15) is 0 Å². The normalized spacial score (nSPS) is 14.3. The summed E-state index contributed by atoms with van der Waals surface area (Å²) in [5.41, 5.74) is 4.48. The van der Waals surface area contributed by atoms with Gasteiger partial charge in [0, 0.05) is 104 Å². The molecule has 9 N–H and O–H groups in total. The number of unbranched alkanes of at least 4 members (excludes halogenated alkanes) is 1. The summed E-state index contributed by atoms with van der Waals surface area (Å²) in [5, 5.41) is 53.7. The van der Waals surface area contributed by atoms with Gasteiger partial charge in [-0.3, -0.25) is 24.1 Å². The Bertz CT molecular complexity index is 3830. The molecular weight excluding hydrogens is 1020 g/mol. The average molecular weight is 1080 g/mol. The molecule has 3 atom stereocenters. The maximum absolute atomic E-state index is 13.8. The number of rotatable bonds is 20. The van der Waals surface area contributed by atoms with Crippen LogP contribution in [0.2, 0.25) is 0 Å². The standard InChI is InChI=1S/C29H28FN5O3.C28H31N7O4S/c30-20-7-3-5-18(15-20)28-27-19(6-4-14-33-27)16-25(34-28)32-13-2-1-12-31-17-24(37)21-8-10-23(36)29-22(21)9-11-26(38)35-29;1-2-22-30-9-12-35(22)27-24-17(4-3-8-31-24)14-23(32-27)34-11-7-18(16-34)39-13-10-29-15-21(37)19-5-6-20(36)25-26(19)40-28(38)33-25/h3-11,14-16,24,31,36-37H,1-2,12-13,17H2,(H,32,34)(H,35,38);3-6,8-9,12,14,18,21,29,36-37H,2,7,10-11,13,15-16H2,1H3,(H,33,38)/t24-;18?,21-/m00/s1. The van der Waals surface area contributed by atoms with Crippen molar-refractivity contribution < 1.29 is 29.6 Å². The molecule has 1 fully saturated rings. The summed E-state index contributed by atoms with van der Waals surface area (Å²) in [6.45, 7) is 6.77. The highest BCUT2D eigenvalue weighted by atomic mass is 32.1. The Kier molecular flexibility index (Phi) is 16.7. The molecule has 19 nitrogen and oxygen atoms in total. The van der Waals surface area contributed by atoms with E-state index in [-0.39, 0.29) is 33.9 Å². The Morgan fingerprint density at radius 3 is 2.33 bits per heavy atom. The highest BCUT2D eigenvalue weighted by Gasteiger charge is 2.26. The zero-order chi connectivity index (χ0) is 54.1. The molecule has 11 rings (SSSR count). The van der Waals surface area contributed by atoms with Gasteiger partial charge in [-0.25, -0.2) is 19.3 Å². The molecule has 78 heavy (non-hydrogen) atoms. The Balaban J connectivity index is 0.000000177. The van der Waals surface area contributed by atoms with E-state index in [0.29, 0.717) is 88.7 Å². The molecule has 7 aromatic heterocycles. The number of aryl methyl sites for hydroxylation is 1. The molecule has 0 aliphatic carbocycles. The molecule has 0 amide bonds. The van der Waals surface area contributed by atoms with Crippen LogP contribution in [0, 0.1) is 5.82 Å². The second-order valence-electron chi connectivity index (χ2n) is 18.9. The van der Waals surface area contributed by atoms with E-state index in [0.717, 1.165) is 89.4 Å². The highest BCUT2D eigenvalue weighted by Crippen LogP contribution is 2.33. The summed E-state index contributed by atoms with van der Waals surface area (Å²) in [5.74, 6) is 2.96. The van der Waals surface area contributed by atoms with E-state index in [1.807, 2.05) is 41.1 Å². The lowest BCUT2D eigenvalue weighted by atomic mass is 10.0. The molecule has 1 aliphatic rings. The first-order valence-electron chi connectivity index (χ1n) is 25.9. The maximum atomic E-state index is 13.8. The Morgan fingerprint density at radius 2 is 1.53 bits per heavy atom. The van der Waals surface area contributed by atoms with Crippen molar-refractivity contribution in [2.75, 3.05) is 62.6 Å². The lowest BCUT2D eigenvalue weighted by Gasteiger charge is -2.20. The number of aromatic amines is 2. The Hall–Kier alpha value is -8.18. The fourth-order valence-corrected chi connectivity index (χ4v) is 10.6. The van der Waals surface area contributed by atoms with E-state index in [1.54, 1.807) is 42.9 Å². The number of nitrogens with zero attached hydrogens (tertiary/aromatic N) is 7. The van der Waals surface area contributed by atoms with Crippen LogP contribution < -0.4 is 31.3 Å². The number of pyridine rings is 5. The van der Waals surface area contributed by atoms with Gasteiger partial charge in [-0.05, 0) is 86.0 Å². The molecule has 21 heteroatoms. The molecular formula is C57H59FN12O7S. The maximum Gasteiger partial charge on any atom is 0.305 e. The predicted octanol–water partition coefficient (Wildman–Crippen LogP) is 7.40. The van der Waals surface area contributed by atoms with Gasteiger partial charge in [-0.15, -0.1) is 0 Å². The van der Waals surface area contributed by atoms with Gasteiger partial charge >= 0.3 is 4.87 Å². The highest BCUT2D eigenvalue weighted by molar-refractivity contribution is 7.16. The van der Waals surface area contributed by atoms with Crippen LogP contribution in [-0.2, 0) is 11.2 Å². The predicted molar refractivity (Wildman–Crippen MR) is 301 cm³/mol. The molecule has 8 heterocycles. The van der Waals surface area contributed by atoms with E-state index < -0.39 is 12.2 Å². The first kappa shape index (κ1) is 53.2. The van der Waals surface area contributed by atoms with Gasteiger partial charge < -0.3 is 56.0 Å². The van der Waals surface area contributed by atoms with Crippen LogP contribution in [0.1, 0.15) is 55.3 Å². The van der Waals surface area contributed by atoms with Gasteiger partial charge in [-0.1, -0.05) is 54.7 Å². The summed E-state index contributed by atoms with van der Waals surface area (Å²) in [7, 11) is 0. The summed E-state index contributed by atoms with van der Waals surface area (Å²) >= 11 is 0.981. The number of halogens is 1. The number of benzene rings is 3. The van der Waals surface area contributed by atoms with E-state index in [1.165, 1.54) is 30.3 Å². The molecule has 402 valence electrons. The second kappa shape index (κ2) is 24.4. The number of phenols is 2.